The van der Waals surface area contributed by atoms with Gasteiger partial charge < -0.3 is 11.1 Å². The summed E-state index contributed by atoms with van der Waals surface area (Å²) < 4.78 is 0. The third kappa shape index (κ3) is 2.87. The van der Waals surface area contributed by atoms with Crippen molar-refractivity contribution >= 4 is 22.4 Å². The summed E-state index contributed by atoms with van der Waals surface area (Å²) in [5.41, 5.74) is 8.07. The van der Waals surface area contributed by atoms with E-state index in [0.29, 0.717) is 17.8 Å². The largest absolute Gasteiger partial charge is 0.398 e. The lowest BCUT2D eigenvalue weighted by Gasteiger charge is -2.09. The Bertz CT molecular complexity index is 782. The molecule has 1 amide bonds. The van der Waals surface area contributed by atoms with Crippen molar-refractivity contribution in [2.24, 2.45) is 0 Å². The van der Waals surface area contributed by atoms with Crippen LogP contribution in [0, 0.1) is 0 Å². The molecule has 3 rings (SSSR count). The molecule has 104 valence electrons. The molecular weight excluding hydrogens is 260 g/mol. The highest BCUT2D eigenvalue weighted by molar-refractivity contribution is 6.03. The highest BCUT2D eigenvalue weighted by Crippen LogP contribution is 2.21. The van der Waals surface area contributed by atoms with Gasteiger partial charge in [0.05, 0.1) is 5.56 Å². The molecule has 3 heteroatoms. The Hall–Kier alpha value is -2.81. The standard InChI is InChI=1S/C18H16N2O/c19-17-11-15-9-5-4-8-14(15)10-16(17)18(21)20-12-13-6-2-1-3-7-13/h1-11H,12,19H2,(H,20,21). The number of hydrogen-bond donors (Lipinski definition) is 2. The van der Waals surface area contributed by atoms with Crippen molar-refractivity contribution in [2.45, 2.75) is 6.54 Å². The quantitative estimate of drug-likeness (QED) is 0.721. The number of hydrogen-bond acceptors (Lipinski definition) is 2. The zero-order valence-corrected chi connectivity index (χ0v) is 11.5. The lowest BCUT2D eigenvalue weighted by atomic mass is 10.0. The topological polar surface area (TPSA) is 55.1 Å². The molecular formula is C18H16N2O. The Labute approximate surface area is 123 Å². The van der Waals surface area contributed by atoms with E-state index in [1.54, 1.807) is 0 Å². The van der Waals surface area contributed by atoms with E-state index in [1.807, 2.05) is 66.7 Å². The van der Waals surface area contributed by atoms with Crippen LogP contribution >= 0.6 is 0 Å². The van der Waals surface area contributed by atoms with Gasteiger partial charge >= 0.3 is 0 Å². The van der Waals surface area contributed by atoms with E-state index in [4.69, 9.17) is 5.73 Å². The van der Waals surface area contributed by atoms with Crippen LogP contribution in [-0.2, 0) is 6.54 Å². The van der Waals surface area contributed by atoms with Gasteiger partial charge in [0, 0.05) is 12.2 Å². The van der Waals surface area contributed by atoms with Crippen molar-refractivity contribution in [3.05, 3.63) is 77.9 Å². The minimum Gasteiger partial charge on any atom is -0.398 e. The van der Waals surface area contributed by atoms with Crippen molar-refractivity contribution in [1.82, 2.24) is 5.32 Å². The Morgan fingerprint density at radius 1 is 0.905 bits per heavy atom. The molecule has 3 nitrogen and oxygen atoms in total. The summed E-state index contributed by atoms with van der Waals surface area (Å²) in [6.45, 7) is 0.492. The minimum atomic E-state index is -0.151. The molecule has 0 spiro atoms. The first-order chi connectivity index (χ1) is 10.2. The zero-order chi connectivity index (χ0) is 14.7. The Kier molecular flexibility index (Phi) is 3.56. The average Bonchev–Trinajstić information content (AvgIpc) is 2.53. The molecule has 0 aliphatic rings. The van der Waals surface area contributed by atoms with Crippen molar-refractivity contribution in [2.75, 3.05) is 5.73 Å². The fourth-order valence-corrected chi connectivity index (χ4v) is 2.33. The third-order valence-electron chi connectivity index (χ3n) is 3.46. The number of carbonyl (C=O) groups excluding carboxylic acids is 1. The maximum absolute atomic E-state index is 12.3. The molecule has 3 N–H and O–H groups in total. The summed E-state index contributed by atoms with van der Waals surface area (Å²) in [4.78, 5) is 12.3. The first kappa shape index (κ1) is 13.2. The molecule has 0 saturated carbocycles. The van der Waals surface area contributed by atoms with Gasteiger partial charge in [0.2, 0.25) is 0 Å². The van der Waals surface area contributed by atoms with Gasteiger partial charge in [-0.15, -0.1) is 0 Å². The lowest BCUT2D eigenvalue weighted by molar-refractivity contribution is 0.0952. The van der Waals surface area contributed by atoms with Crippen LogP contribution in [0.1, 0.15) is 15.9 Å². The molecule has 0 bridgehead atoms. The maximum atomic E-state index is 12.3. The molecule has 21 heavy (non-hydrogen) atoms. The van der Waals surface area contributed by atoms with Crippen LogP contribution in [0.3, 0.4) is 0 Å². The van der Waals surface area contributed by atoms with E-state index in [-0.39, 0.29) is 5.91 Å². The van der Waals surface area contributed by atoms with Crippen molar-refractivity contribution < 1.29 is 4.79 Å². The molecule has 0 aliphatic carbocycles. The van der Waals surface area contributed by atoms with E-state index in [0.717, 1.165) is 16.3 Å². The second kappa shape index (κ2) is 5.67. The number of fused-ring (bicyclic) bond motifs is 1. The van der Waals surface area contributed by atoms with Gasteiger partial charge in [-0.3, -0.25) is 4.79 Å². The second-order valence-corrected chi connectivity index (χ2v) is 4.95. The molecule has 3 aromatic rings. The normalized spacial score (nSPS) is 10.5. The Morgan fingerprint density at radius 2 is 1.52 bits per heavy atom. The number of nitrogen functional groups attached to an aromatic ring is 1. The van der Waals surface area contributed by atoms with Gasteiger partial charge in [0.25, 0.3) is 5.91 Å². The van der Waals surface area contributed by atoms with Crippen LogP contribution in [0.5, 0.6) is 0 Å². The second-order valence-electron chi connectivity index (χ2n) is 4.95. The van der Waals surface area contributed by atoms with Crippen LogP contribution in [0.25, 0.3) is 10.8 Å². The monoisotopic (exact) mass is 276 g/mol. The molecule has 0 radical (unpaired) electrons. The van der Waals surface area contributed by atoms with E-state index in [9.17, 15) is 4.79 Å². The zero-order valence-electron chi connectivity index (χ0n) is 11.5. The van der Waals surface area contributed by atoms with Crippen LogP contribution in [-0.4, -0.2) is 5.91 Å². The number of amides is 1. The number of anilines is 1. The van der Waals surface area contributed by atoms with Crippen molar-refractivity contribution in [3.63, 3.8) is 0 Å². The highest BCUT2D eigenvalue weighted by atomic mass is 16.1. The number of carbonyl (C=O) groups is 1. The van der Waals surface area contributed by atoms with E-state index in [2.05, 4.69) is 5.32 Å². The number of nitrogens with two attached hydrogens (primary N) is 1. The van der Waals surface area contributed by atoms with Gasteiger partial charge in [-0.2, -0.15) is 0 Å². The molecule has 3 aromatic carbocycles. The first-order valence-electron chi connectivity index (χ1n) is 6.84. The summed E-state index contributed by atoms with van der Waals surface area (Å²) in [6, 6.07) is 21.3. The van der Waals surface area contributed by atoms with Crippen LogP contribution in [0.4, 0.5) is 5.69 Å². The van der Waals surface area contributed by atoms with Crippen LogP contribution in [0.2, 0.25) is 0 Å². The first-order valence-corrected chi connectivity index (χ1v) is 6.84. The van der Waals surface area contributed by atoms with E-state index >= 15 is 0 Å². The Morgan fingerprint density at radius 3 is 2.24 bits per heavy atom. The minimum absolute atomic E-state index is 0.151. The fraction of sp³-hybridized carbons (Fsp3) is 0.0556. The van der Waals surface area contributed by atoms with Gasteiger partial charge in [0.15, 0.2) is 0 Å². The fourth-order valence-electron chi connectivity index (χ4n) is 2.33. The van der Waals surface area contributed by atoms with Gasteiger partial charge in [-0.25, -0.2) is 0 Å². The molecule has 0 aliphatic heterocycles. The molecule has 0 aromatic heterocycles. The molecule has 0 heterocycles. The van der Waals surface area contributed by atoms with Crippen molar-refractivity contribution in [1.29, 1.82) is 0 Å². The molecule has 0 atom stereocenters. The van der Waals surface area contributed by atoms with Gasteiger partial charge in [-0.1, -0.05) is 54.6 Å². The van der Waals surface area contributed by atoms with Gasteiger partial charge in [-0.05, 0) is 28.5 Å². The third-order valence-corrected chi connectivity index (χ3v) is 3.46. The summed E-state index contributed by atoms with van der Waals surface area (Å²) in [5.74, 6) is -0.151. The Balaban J connectivity index is 1.82. The van der Waals surface area contributed by atoms with Crippen molar-refractivity contribution in [3.8, 4) is 0 Å². The van der Waals surface area contributed by atoms with Crippen LogP contribution < -0.4 is 11.1 Å². The summed E-state index contributed by atoms with van der Waals surface area (Å²) in [6.07, 6.45) is 0. The smallest absolute Gasteiger partial charge is 0.253 e. The lowest BCUT2D eigenvalue weighted by Crippen LogP contribution is -2.23. The predicted octanol–water partition coefficient (Wildman–Crippen LogP) is 3.35. The maximum Gasteiger partial charge on any atom is 0.253 e. The summed E-state index contributed by atoms with van der Waals surface area (Å²) >= 11 is 0. The number of nitrogens with one attached hydrogen (secondary N) is 1. The number of rotatable bonds is 3. The molecule has 0 saturated heterocycles. The number of benzene rings is 3. The molecule has 0 fully saturated rings. The van der Waals surface area contributed by atoms with E-state index in [1.165, 1.54) is 0 Å². The SMILES string of the molecule is Nc1cc2ccccc2cc1C(=O)NCc1ccccc1. The summed E-state index contributed by atoms with van der Waals surface area (Å²) in [5, 5.41) is 4.95. The van der Waals surface area contributed by atoms with Gasteiger partial charge in [0.1, 0.15) is 0 Å². The highest BCUT2D eigenvalue weighted by Gasteiger charge is 2.10. The predicted molar refractivity (Wildman–Crippen MR) is 86.0 cm³/mol. The average molecular weight is 276 g/mol. The molecule has 0 unspecified atom stereocenters. The van der Waals surface area contributed by atoms with E-state index < -0.39 is 0 Å². The van der Waals surface area contributed by atoms with Crippen LogP contribution in [0.15, 0.2) is 66.7 Å². The summed E-state index contributed by atoms with van der Waals surface area (Å²) in [7, 11) is 0.